The minimum Gasteiger partial charge on any atom is -0.383 e. The van der Waals surface area contributed by atoms with E-state index in [2.05, 4.69) is 5.32 Å². The standard InChI is InChI=1S/C17H22F2N2O3/c1-11-3-4-12(16(19)15(11)18)9-20-17(23)13-5-6-14(22)21(10-13)7-8-24-2/h3-4,13H,5-10H2,1-2H3,(H,20,23). The van der Waals surface area contributed by atoms with E-state index in [4.69, 9.17) is 4.74 Å². The quantitative estimate of drug-likeness (QED) is 0.859. The van der Waals surface area contributed by atoms with Crippen molar-refractivity contribution in [1.29, 1.82) is 0 Å². The van der Waals surface area contributed by atoms with Crippen molar-refractivity contribution in [2.75, 3.05) is 26.8 Å². The highest BCUT2D eigenvalue weighted by Crippen LogP contribution is 2.19. The lowest BCUT2D eigenvalue weighted by atomic mass is 9.96. The number of ether oxygens (including phenoxy) is 1. The van der Waals surface area contributed by atoms with Crippen LogP contribution in [0.2, 0.25) is 0 Å². The van der Waals surface area contributed by atoms with Gasteiger partial charge in [-0.05, 0) is 18.9 Å². The molecule has 2 rings (SSSR count). The van der Waals surface area contributed by atoms with Crippen LogP contribution >= 0.6 is 0 Å². The van der Waals surface area contributed by atoms with Gasteiger partial charge in [0.1, 0.15) is 0 Å². The number of benzene rings is 1. The van der Waals surface area contributed by atoms with Crippen LogP contribution in [0.15, 0.2) is 12.1 Å². The Morgan fingerprint density at radius 1 is 1.38 bits per heavy atom. The number of hydrogen-bond acceptors (Lipinski definition) is 3. The molecule has 0 radical (unpaired) electrons. The number of carbonyl (C=O) groups excluding carboxylic acids is 2. The minimum absolute atomic E-state index is 0.00255. The Bertz CT molecular complexity index is 622. The first-order valence-corrected chi connectivity index (χ1v) is 7.92. The van der Waals surface area contributed by atoms with E-state index in [0.29, 0.717) is 32.5 Å². The van der Waals surface area contributed by atoms with E-state index < -0.39 is 11.6 Å². The molecule has 0 aromatic heterocycles. The second-order valence-corrected chi connectivity index (χ2v) is 5.96. The molecular weight excluding hydrogens is 318 g/mol. The number of aryl methyl sites for hydroxylation is 1. The van der Waals surface area contributed by atoms with Gasteiger partial charge in [0.05, 0.1) is 12.5 Å². The summed E-state index contributed by atoms with van der Waals surface area (Å²) in [6.07, 6.45) is 0.758. The van der Waals surface area contributed by atoms with Crippen molar-refractivity contribution in [3.05, 3.63) is 34.9 Å². The van der Waals surface area contributed by atoms with Gasteiger partial charge in [-0.1, -0.05) is 12.1 Å². The molecule has 132 valence electrons. The summed E-state index contributed by atoms with van der Waals surface area (Å²) >= 11 is 0. The number of rotatable bonds is 6. The molecule has 1 aliphatic rings. The van der Waals surface area contributed by atoms with Gasteiger partial charge in [0.25, 0.3) is 0 Å². The predicted molar refractivity (Wildman–Crippen MR) is 84.1 cm³/mol. The van der Waals surface area contributed by atoms with Crippen LogP contribution in [0.25, 0.3) is 0 Å². The summed E-state index contributed by atoms with van der Waals surface area (Å²) in [5.41, 5.74) is 0.330. The summed E-state index contributed by atoms with van der Waals surface area (Å²) in [5.74, 6) is -2.43. The molecule has 1 heterocycles. The molecule has 0 saturated carbocycles. The first kappa shape index (κ1) is 18.3. The number of nitrogens with zero attached hydrogens (tertiary/aromatic N) is 1. The molecule has 1 N–H and O–H groups in total. The van der Waals surface area contributed by atoms with E-state index in [1.165, 1.54) is 19.1 Å². The van der Waals surface area contributed by atoms with Crippen molar-refractivity contribution < 1.29 is 23.1 Å². The largest absolute Gasteiger partial charge is 0.383 e. The smallest absolute Gasteiger partial charge is 0.225 e. The Hall–Kier alpha value is -2.02. The van der Waals surface area contributed by atoms with Crippen molar-refractivity contribution in [2.45, 2.75) is 26.3 Å². The highest BCUT2D eigenvalue weighted by molar-refractivity contribution is 5.83. The zero-order chi connectivity index (χ0) is 17.7. The Morgan fingerprint density at radius 2 is 2.12 bits per heavy atom. The molecule has 1 aromatic carbocycles. The molecule has 1 unspecified atom stereocenters. The predicted octanol–water partition coefficient (Wildman–Crippen LogP) is 1.77. The summed E-state index contributed by atoms with van der Waals surface area (Å²) in [6, 6.07) is 2.94. The topological polar surface area (TPSA) is 58.6 Å². The first-order chi connectivity index (χ1) is 11.4. The Labute approximate surface area is 140 Å². The van der Waals surface area contributed by atoms with Gasteiger partial charge in [0, 0.05) is 38.7 Å². The van der Waals surface area contributed by atoms with Crippen molar-refractivity contribution >= 4 is 11.8 Å². The average Bonchev–Trinajstić information content (AvgIpc) is 2.58. The van der Waals surface area contributed by atoms with E-state index in [1.807, 2.05) is 0 Å². The third-order valence-electron chi connectivity index (χ3n) is 4.24. The molecule has 0 bridgehead atoms. The number of methoxy groups -OCH3 is 1. The number of carbonyl (C=O) groups is 2. The van der Waals surface area contributed by atoms with Crippen molar-refractivity contribution in [3.63, 3.8) is 0 Å². The minimum atomic E-state index is -0.934. The van der Waals surface area contributed by atoms with Gasteiger partial charge in [-0.15, -0.1) is 0 Å². The number of piperidine rings is 1. The van der Waals surface area contributed by atoms with E-state index in [9.17, 15) is 18.4 Å². The fraction of sp³-hybridized carbons (Fsp3) is 0.529. The van der Waals surface area contributed by atoms with Gasteiger partial charge in [-0.2, -0.15) is 0 Å². The maximum Gasteiger partial charge on any atom is 0.225 e. The molecule has 7 heteroatoms. The SMILES string of the molecule is COCCN1CC(C(=O)NCc2ccc(C)c(F)c2F)CCC1=O. The zero-order valence-corrected chi connectivity index (χ0v) is 13.9. The maximum atomic E-state index is 13.8. The first-order valence-electron chi connectivity index (χ1n) is 7.92. The van der Waals surface area contributed by atoms with Crippen molar-refractivity contribution in [1.82, 2.24) is 10.2 Å². The number of amides is 2. The average molecular weight is 340 g/mol. The molecule has 1 fully saturated rings. The van der Waals surface area contributed by atoms with E-state index in [1.54, 1.807) is 12.0 Å². The van der Waals surface area contributed by atoms with Crippen LogP contribution in [0.3, 0.4) is 0 Å². The Balaban J connectivity index is 1.93. The Morgan fingerprint density at radius 3 is 2.83 bits per heavy atom. The molecule has 1 atom stereocenters. The molecule has 24 heavy (non-hydrogen) atoms. The lowest BCUT2D eigenvalue weighted by molar-refractivity contribution is -0.138. The van der Waals surface area contributed by atoms with Gasteiger partial charge in [0.2, 0.25) is 11.8 Å². The van der Waals surface area contributed by atoms with Crippen LogP contribution in [-0.4, -0.2) is 43.5 Å². The van der Waals surface area contributed by atoms with Crippen LogP contribution in [0.4, 0.5) is 8.78 Å². The molecule has 1 aromatic rings. The van der Waals surface area contributed by atoms with Gasteiger partial charge >= 0.3 is 0 Å². The van der Waals surface area contributed by atoms with Gasteiger partial charge < -0.3 is 15.0 Å². The number of hydrogen-bond donors (Lipinski definition) is 1. The summed E-state index contributed by atoms with van der Waals surface area (Å²) < 4.78 is 32.3. The van der Waals surface area contributed by atoms with Crippen molar-refractivity contribution in [3.8, 4) is 0 Å². The molecule has 2 amide bonds. The van der Waals surface area contributed by atoms with Gasteiger partial charge in [0.15, 0.2) is 11.6 Å². The summed E-state index contributed by atoms with van der Waals surface area (Å²) in [4.78, 5) is 25.7. The summed E-state index contributed by atoms with van der Waals surface area (Å²) in [5, 5.41) is 2.63. The van der Waals surface area contributed by atoms with Crippen LogP contribution < -0.4 is 5.32 Å². The fourth-order valence-electron chi connectivity index (χ4n) is 2.70. The third-order valence-corrected chi connectivity index (χ3v) is 4.24. The van der Waals surface area contributed by atoms with Crippen LogP contribution in [0, 0.1) is 24.5 Å². The van der Waals surface area contributed by atoms with Gasteiger partial charge in [-0.3, -0.25) is 9.59 Å². The van der Waals surface area contributed by atoms with Crippen molar-refractivity contribution in [2.24, 2.45) is 5.92 Å². The summed E-state index contributed by atoms with van der Waals surface area (Å²) in [7, 11) is 1.55. The monoisotopic (exact) mass is 340 g/mol. The van der Waals surface area contributed by atoms with Crippen LogP contribution in [0.1, 0.15) is 24.0 Å². The highest BCUT2D eigenvalue weighted by atomic mass is 19.2. The molecular formula is C17H22F2N2O3. The molecule has 5 nitrogen and oxygen atoms in total. The lowest BCUT2D eigenvalue weighted by Gasteiger charge is -2.31. The highest BCUT2D eigenvalue weighted by Gasteiger charge is 2.30. The fourth-order valence-corrected chi connectivity index (χ4v) is 2.70. The Kier molecular flexibility index (Phi) is 6.25. The van der Waals surface area contributed by atoms with E-state index >= 15 is 0 Å². The van der Waals surface area contributed by atoms with Crippen LogP contribution in [0.5, 0.6) is 0 Å². The number of nitrogens with one attached hydrogen (secondary N) is 1. The zero-order valence-electron chi connectivity index (χ0n) is 13.9. The molecule has 1 aliphatic heterocycles. The normalized spacial score (nSPS) is 17.9. The maximum absolute atomic E-state index is 13.8. The second-order valence-electron chi connectivity index (χ2n) is 5.96. The number of halogens is 2. The second kappa shape index (κ2) is 8.19. The number of likely N-dealkylation sites (tertiary alicyclic amines) is 1. The van der Waals surface area contributed by atoms with E-state index in [-0.39, 0.29) is 35.4 Å². The summed E-state index contributed by atoms with van der Waals surface area (Å²) in [6.45, 7) is 2.57. The third kappa shape index (κ3) is 4.29. The molecule has 0 spiro atoms. The lowest BCUT2D eigenvalue weighted by Crippen LogP contribution is -2.46. The van der Waals surface area contributed by atoms with E-state index in [0.717, 1.165) is 0 Å². The molecule has 0 aliphatic carbocycles. The van der Waals surface area contributed by atoms with Crippen LogP contribution in [-0.2, 0) is 20.9 Å². The molecule has 1 saturated heterocycles. The van der Waals surface area contributed by atoms with Gasteiger partial charge in [-0.25, -0.2) is 8.78 Å².